The second-order valence-corrected chi connectivity index (χ2v) is 3.73. The molecule has 1 aromatic carbocycles. The number of allylic oxidation sites excluding steroid dienone is 2. The van der Waals surface area contributed by atoms with E-state index in [2.05, 4.69) is 12.1 Å². The number of benzene rings is 1. The molecule has 0 N–H and O–H groups in total. The zero-order valence-corrected chi connectivity index (χ0v) is 9.43. The number of hydrogen-bond acceptors (Lipinski definition) is 2. The van der Waals surface area contributed by atoms with Crippen LogP contribution in [0.5, 0.6) is 0 Å². The molecule has 1 unspecified atom stereocenters. The zero-order valence-electron chi connectivity index (χ0n) is 9.43. The third-order valence-electron chi connectivity index (χ3n) is 2.36. The van der Waals surface area contributed by atoms with Gasteiger partial charge < -0.3 is 9.47 Å². The zero-order chi connectivity index (χ0) is 11.2. The van der Waals surface area contributed by atoms with Crippen LogP contribution in [0.1, 0.15) is 6.92 Å². The lowest BCUT2D eigenvalue weighted by atomic mass is 10.2. The summed E-state index contributed by atoms with van der Waals surface area (Å²) in [6, 6.07) is 8.15. The van der Waals surface area contributed by atoms with Gasteiger partial charge in [0.05, 0.1) is 12.9 Å². The second-order valence-electron chi connectivity index (χ2n) is 3.73. The summed E-state index contributed by atoms with van der Waals surface area (Å²) in [5, 5.41) is 2.26. The fraction of sp³-hybridized carbons (Fsp3) is 0.286. The number of ether oxygens (including phenoxy) is 2. The van der Waals surface area contributed by atoms with Gasteiger partial charge in [-0.3, -0.25) is 0 Å². The highest BCUT2D eigenvalue weighted by molar-refractivity contribution is 5.38. The molecule has 1 aliphatic heterocycles. The lowest BCUT2D eigenvalue weighted by molar-refractivity contribution is 0.245. The summed E-state index contributed by atoms with van der Waals surface area (Å²) in [6.07, 6.45) is 8.22. The topological polar surface area (TPSA) is 21.8 Å². The minimum absolute atomic E-state index is 0.308. The van der Waals surface area contributed by atoms with Crippen LogP contribution in [0.2, 0.25) is 0 Å². The molecular weight excluding hydrogens is 200 g/mol. The molecule has 1 heterocycles. The summed E-state index contributed by atoms with van der Waals surface area (Å²) in [5.41, 5.74) is 0. The minimum atomic E-state index is 0.308. The maximum atomic E-state index is 5.47. The highest BCUT2D eigenvalue weighted by Gasteiger charge is 2.22. The van der Waals surface area contributed by atoms with Gasteiger partial charge in [-0.25, -0.2) is 0 Å². The van der Waals surface area contributed by atoms with Gasteiger partial charge in [0.1, 0.15) is 12.7 Å². The van der Waals surface area contributed by atoms with E-state index in [1.165, 1.54) is 0 Å². The Kier molecular flexibility index (Phi) is 3.78. The Hall–Kier alpha value is -1.54. The van der Waals surface area contributed by atoms with E-state index in [1.54, 1.807) is 6.26 Å². The first kappa shape index (κ1) is 11.0. The second kappa shape index (κ2) is 5.52. The highest BCUT2D eigenvalue weighted by Crippen LogP contribution is 2.08. The van der Waals surface area contributed by atoms with Crippen molar-refractivity contribution in [2.75, 3.05) is 13.2 Å². The van der Waals surface area contributed by atoms with Crippen molar-refractivity contribution >= 4 is 12.3 Å². The average molecular weight is 216 g/mol. The summed E-state index contributed by atoms with van der Waals surface area (Å²) >= 11 is 0. The number of epoxide rings is 1. The quantitative estimate of drug-likeness (QED) is 0.705. The van der Waals surface area contributed by atoms with Crippen LogP contribution in [0, 0.1) is 0 Å². The molecule has 0 spiro atoms. The van der Waals surface area contributed by atoms with E-state index in [0.29, 0.717) is 12.7 Å². The Morgan fingerprint density at radius 1 is 1.38 bits per heavy atom. The molecule has 1 atom stereocenters. The van der Waals surface area contributed by atoms with Crippen LogP contribution in [-0.2, 0) is 9.47 Å². The first-order chi connectivity index (χ1) is 7.90. The molecule has 1 aromatic rings. The minimum Gasteiger partial charge on any atom is -0.498 e. The van der Waals surface area contributed by atoms with Gasteiger partial charge in [0.2, 0.25) is 0 Å². The number of rotatable bonds is 4. The summed E-state index contributed by atoms with van der Waals surface area (Å²) < 4.78 is 10.5. The first-order valence-electron chi connectivity index (χ1n) is 5.51. The molecule has 1 saturated heterocycles. The van der Waals surface area contributed by atoms with E-state index in [-0.39, 0.29) is 0 Å². The Bertz CT molecular complexity index is 470. The van der Waals surface area contributed by atoms with E-state index in [1.807, 2.05) is 37.3 Å². The first-order valence-corrected chi connectivity index (χ1v) is 5.51. The van der Waals surface area contributed by atoms with Crippen LogP contribution < -0.4 is 10.4 Å². The van der Waals surface area contributed by atoms with E-state index in [9.17, 15) is 0 Å². The Balaban J connectivity index is 2.17. The Morgan fingerprint density at radius 2 is 2.12 bits per heavy atom. The fourth-order valence-corrected chi connectivity index (χ4v) is 1.38. The van der Waals surface area contributed by atoms with Crippen LogP contribution in [-0.4, -0.2) is 19.3 Å². The van der Waals surface area contributed by atoms with Gasteiger partial charge in [-0.15, -0.1) is 0 Å². The largest absolute Gasteiger partial charge is 0.498 e. The molecule has 2 heteroatoms. The molecule has 2 rings (SSSR count). The van der Waals surface area contributed by atoms with Crippen molar-refractivity contribution in [3.63, 3.8) is 0 Å². The third kappa shape index (κ3) is 3.24. The van der Waals surface area contributed by atoms with Gasteiger partial charge in [-0.05, 0) is 12.1 Å². The van der Waals surface area contributed by atoms with Gasteiger partial charge in [-0.1, -0.05) is 42.5 Å². The van der Waals surface area contributed by atoms with Crippen molar-refractivity contribution < 1.29 is 9.47 Å². The molecule has 16 heavy (non-hydrogen) atoms. The maximum Gasteiger partial charge on any atom is 0.116 e. The van der Waals surface area contributed by atoms with Crippen molar-refractivity contribution in [3.05, 3.63) is 46.9 Å². The van der Waals surface area contributed by atoms with E-state index in [0.717, 1.165) is 17.0 Å². The standard InChI is InChI=1S/C14H16O2/c1-2-3-6-12-7-4-5-8-13(12)9-15-10-14-11-16-14/h2-9,14H,10-11H2,1H3/b3-2-,12-6-,13-9+. The van der Waals surface area contributed by atoms with Crippen LogP contribution in [0.4, 0.5) is 0 Å². The summed E-state index contributed by atoms with van der Waals surface area (Å²) in [6.45, 7) is 3.49. The summed E-state index contributed by atoms with van der Waals surface area (Å²) in [5.74, 6) is 0. The lowest BCUT2D eigenvalue weighted by Gasteiger charge is -1.95. The molecule has 0 aliphatic carbocycles. The van der Waals surface area contributed by atoms with Gasteiger partial charge in [-0.2, -0.15) is 0 Å². The molecule has 0 radical (unpaired) electrons. The molecule has 1 fully saturated rings. The van der Waals surface area contributed by atoms with Crippen LogP contribution in [0.15, 0.2) is 36.4 Å². The van der Waals surface area contributed by atoms with Crippen LogP contribution in [0.25, 0.3) is 12.3 Å². The van der Waals surface area contributed by atoms with Crippen molar-refractivity contribution in [3.8, 4) is 0 Å². The predicted octanol–water partition coefficient (Wildman–Crippen LogP) is 1.20. The predicted molar refractivity (Wildman–Crippen MR) is 65.1 cm³/mol. The van der Waals surface area contributed by atoms with Crippen molar-refractivity contribution in [2.45, 2.75) is 13.0 Å². The smallest absolute Gasteiger partial charge is 0.116 e. The normalized spacial score (nSPS) is 21.7. The molecule has 0 bridgehead atoms. The van der Waals surface area contributed by atoms with E-state index < -0.39 is 0 Å². The van der Waals surface area contributed by atoms with Crippen LogP contribution >= 0.6 is 0 Å². The monoisotopic (exact) mass is 216 g/mol. The Morgan fingerprint density at radius 3 is 2.81 bits per heavy atom. The molecule has 0 amide bonds. The van der Waals surface area contributed by atoms with Crippen molar-refractivity contribution in [1.29, 1.82) is 0 Å². The molecule has 84 valence electrons. The van der Waals surface area contributed by atoms with Gasteiger partial charge in [0, 0.05) is 5.22 Å². The van der Waals surface area contributed by atoms with Crippen molar-refractivity contribution in [2.24, 2.45) is 0 Å². The highest BCUT2D eigenvalue weighted by atomic mass is 16.6. The van der Waals surface area contributed by atoms with Gasteiger partial charge in [0.15, 0.2) is 0 Å². The van der Waals surface area contributed by atoms with E-state index in [4.69, 9.17) is 9.47 Å². The van der Waals surface area contributed by atoms with Crippen molar-refractivity contribution in [1.82, 2.24) is 0 Å². The molecular formula is C14H16O2. The summed E-state index contributed by atoms with van der Waals surface area (Å²) in [4.78, 5) is 0. The third-order valence-corrected chi connectivity index (χ3v) is 2.36. The Labute approximate surface area is 95.5 Å². The van der Waals surface area contributed by atoms with Gasteiger partial charge in [0.25, 0.3) is 0 Å². The summed E-state index contributed by atoms with van der Waals surface area (Å²) in [7, 11) is 0. The van der Waals surface area contributed by atoms with Crippen LogP contribution in [0.3, 0.4) is 0 Å². The number of hydrogen-bond donors (Lipinski definition) is 0. The molecule has 2 nitrogen and oxygen atoms in total. The van der Waals surface area contributed by atoms with Gasteiger partial charge >= 0.3 is 0 Å². The van der Waals surface area contributed by atoms with E-state index >= 15 is 0 Å². The molecule has 0 aromatic heterocycles. The molecule has 0 saturated carbocycles. The maximum absolute atomic E-state index is 5.47. The average Bonchev–Trinajstić information content (AvgIpc) is 3.12. The SMILES string of the molecule is C\C=C/C=c1/cccc/c1=C\OCC1CO1. The fourth-order valence-electron chi connectivity index (χ4n) is 1.38. The molecule has 1 aliphatic rings. The lowest BCUT2D eigenvalue weighted by Crippen LogP contribution is -2.24.